The Kier molecular flexibility index (Phi) is 4.81. The largest absolute Gasteiger partial charge is 0.300 e. The molecule has 0 amide bonds. The lowest BCUT2D eigenvalue weighted by Gasteiger charge is -2.53. The van der Waals surface area contributed by atoms with Crippen molar-refractivity contribution in [3.63, 3.8) is 0 Å². The molecule has 0 unspecified atom stereocenters. The van der Waals surface area contributed by atoms with Gasteiger partial charge in [-0.1, -0.05) is 32.0 Å². The fourth-order valence-electron chi connectivity index (χ4n) is 3.83. The van der Waals surface area contributed by atoms with Crippen molar-refractivity contribution >= 4 is 10.0 Å². The summed E-state index contributed by atoms with van der Waals surface area (Å²) in [7, 11) is -3.34. The van der Waals surface area contributed by atoms with E-state index in [1.165, 1.54) is 6.42 Å². The lowest BCUT2D eigenvalue weighted by atomic mass is 9.83. The number of hydrogen-bond acceptors (Lipinski definition) is 3. The zero-order chi connectivity index (χ0) is 16.6. The second-order valence-electron chi connectivity index (χ2n) is 7.42. The summed E-state index contributed by atoms with van der Waals surface area (Å²) in [6.45, 7) is 9.93. The van der Waals surface area contributed by atoms with Crippen LogP contribution >= 0.6 is 0 Å². The normalized spacial score (nSPS) is 26.1. The molecule has 2 aliphatic rings. The highest BCUT2D eigenvalue weighted by molar-refractivity contribution is 7.89. The predicted molar refractivity (Wildman–Crippen MR) is 92.9 cm³/mol. The maximum atomic E-state index is 12.9. The first kappa shape index (κ1) is 16.9. The molecule has 2 saturated heterocycles. The number of hydrogen-bond donors (Lipinski definition) is 0. The van der Waals surface area contributed by atoms with Gasteiger partial charge in [0.25, 0.3) is 0 Å². The first-order chi connectivity index (χ1) is 10.9. The van der Waals surface area contributed by atoms with Gasteiger partial charge in [0.15, 0.2) is 0 Å². The molecule has 2 atom stereocenters. The molecule has 23 heavy (non-hydrogen) atoms. The molecule has 0 aliphatic carbocycles. The number of likely N-dealkylation sites (tertiary alicyclic amines) is 1. The predicted octanol–water partition coefficient (Wildman–Crippen LogP) is 2.74. The minimum Gasteiger partial charge on any atom is -0.300 e. The van der Waals surface area contributed by atoms with E-state index in [1.807, 2.05) is 25.1 Å². The van der Waals surface area contributed by atoms with Gasteiger partial charge in [0.1, 0.15) is 0 Å². The fourth-order valence-corrected chi connectivity index (χ4v) is 5.57. The molecule has 128 valence electrons. The summed E-state index contributed by atoms with van der Waals surface area (Å²) in [6, 6.07) is 7.89. The summed E-state index contributed by atoms with van der Waals surface area (Å²) in [5, 5.41) is 0. The molecule has 1 aromatic rings. The molecule has 0 radical (unpaired) electrons. The van der Waals surface area contributed by atoms with E-state index in [1.54, 1.807) is 10.4 Å². The van der Waals surface area contributed by atoms with Crippen LogP contribution in [0.5, 0.6) is 0 Å². The Morgan fingerprint density at radius 2 is 1.96 bits per heavy atom. The van der Waals surface area contributed by atoms with Crippen LogP contribution in [0.4, 0.5) is 0 Å². The number of rotatable bonds is 5. The Balaban J connectivity index is 1.64. The molecule has 4 nitrogen and oxygen atoms in total. The lowest BCUT2D eigenvalue weighted by molar-refractivity contribution is -0.0266. The van der Waals surface area contributed by atoms with E-state index in [0.29, 0.717) is 29.9 Å². The number of fused-ring (bicyclic) bond motifs is 1. The summed E-state index contributed by atoms with van der Waals surface area (Å²) in [5.41, 5.74) is 0.835. The van der Waals surface area contributed by atoms with Crippen molar-refractivity contribution in [2.45, 2.75) is 44.6 Å². The summed E-state index contributed by atoms with van der Waals surface area (Å²) in [4.78, 5) is 3.01. The topological polar surface area (TPSA) is 40.6 Å². The van der Waals surface area contributed by atoms with Gasteiger partial charge >= 0.3 is 0 Å². The Morgan fingerprint density at radius 3 is 2.61 bits per heavy atom. The van der Waals surface area contributed by atoms with Crippen LogP contribution in [0, 0.1) is 18.8 Å². The summed E-state index contributed by atoms with van der Waals surface area (Å²) in [5.74, 6) is 1.24. The van der Waals surface area contributed by atoms with E-state index in [9.17, 15) is 8.42 Å². The minimum atomic E-state index is -3.34. The van der Waals surface area contributed by atoms with Gasteiger partial charge in [-0.05, 0) is 43.9 Å². The Bertz CT molecular complexity index is 657. The van der Waals surface area contributed by atoms with Crippen LogP contribution in [0.2, 0.25) is 0 Å². The van der Waals surface area contributed by atoms with Crippen molar-refractivity contribution in [3.05, 3.63) is 29.8 Å². The van der Waals surface area contributed by atoms with Crippen LogP contribution in [-0.4, -0.2) is 49.8 Å². The zero-order valence-corrected chi connectivity index (χ0v) is 15.2. The highest BCUT2D eigenvalue weighted by atomic mass is 32.2. The second-order valence-corrected chi connectivity index (χ2v) is 9.33. The van der Waals surface area contributed by atoms with Crippen LogP contribution < -0.4 is 0 Å². The minimum absolute atomic E-state index is 0.467. The van der Waals surface area contributed by atoms with Crippen LogP contribution in [0.15, 0.2) is 29.2 Å². The van der Waals surface area contributed by atoms with Crippen molar-refractivity contribution in [1.29, 1.82) is 0 Å². The molecular formula is C18H28N2O2S. The van der Waals surface area contributed by atoms with E-state index >= 15 is 0 Å². The van der Waals surface area contributed by atoms with Crippen molar-refractivity contribution in [2.24, 2.45) is 11.8 Å². The van der Waals surface area contributed by atoms with Gasteiger partial charge < -0.3 is 0 Å². The van der Waals surface area contributed by atoms with Gasteiger partial charge in [0.05, 0.1) is 4.90 Å². The van der Waals surface area contributed by atoms with E-state index in [4.69, 9.17) is 0 Å². The second kappa shape index (κ2) is 6.54. The molecule has 0 spiro atoms. The first-order valence-electron chi connectivity index (χ1n) is 8.69. The number of aryl methyl sites for hydroxylation is 1. The molecular weight excluding hydrogens is 308 g/mol. The number of sulfonamides is 1. The van der Waals surface area contributed by atoms with Gasteiger partial charge in [0, 0.05) is 31.6 Å². The smallest absolute Gasteiger partial charge is 0.243 e. The van der Waals surface area contributed by atoms with Crippen molar-refractivity contribution in [2.75, 3.05) is 26.2 Å². The quantitative estimate of drug-likeness (QED) is 0.830. The average Bonchev–Trinajstić information content (AvgIpc) is 2.47. The summed E-state index contributed by atoms with van der Waals surface area (Å²) >= 11 is 0. The van der Waals surface area contributed by atoms with E-state index in [2.05, 4.69) is 18.7 Å². The van der Waals surface area contributed by atoms with Crippen LogP contribution in [0.25, 0.3) is 0 Å². The molecule has 3 rings (SSSR count). The maximum Gasteiger partial charge on any atom is 0.243 e. The Labute approximate surface area is 140 Å². The highest BCUT2D eigenvalue weighted by Crippen LogP contribution is 2.35. The third-order valence-electron chi connectivity index (χ3n) is 5.30. The first-order valence-corrected chi connectivity index (χ1v) is 10.1. The van der Waals surface area contributed by atoms with Crippen molar-refractivity contribution in [1.82, 2.24) is 9.21 Å². The standard InChI is InChI=1S/C18H28N2O2S/c1-14(2)8-10-19-12-16-13-20(11-9-17(16)19)23(21,22)18-7-5-4-6-15(18)3/h4-7,14,16-17H,8-13H2,1-3H3/t16-,17-/m1/s1. The molecule has 2 aliphatic heterocycles. The molecule has 0 saturated carbocycles. The summed E-state index contributed by atoms with van der Waals surface area (Å²) < 4.78 is 27.5. The van der Waals surface area contributed by atoms with E-state index < -0.39 is 10.0 Å². The Morgan fingerprint density at radius 1 is 1.22 bits per heavy atom. The molecule has 2 fully saturated rings. The number of nitrogens with zero attached hydrogens (tertiary/aromatic N) is 2. The monoisotopic (exact) mass is 336 g/mol. The highest BCUT2D eigenvalue weighted by Gasteiger charge is 2.44. The third kappa shape index (κ3) is 3.32. The van der Waals surface area contributed by atoms with Gasteiger partial charge in [-0.2, -0.15) is 4.31 Å². The van der Waals surface area contributed by atoms with Crippen LogP contribution in [0.3, 0.4) is 0 Å². The lowest BCUT2D eigenvalue weighted by Crippen LogP contribution is -2.64. The van der Waals surface area contributed by atoms with Crippen molar-refractivity contribution < 1.29 is 8.42 Å². The SMILES string of the molecule is Cc1ccccc1S(=O)(=O)N1CC[C@@H]2[C@H](CN2CCC(C)C)C1. The van der Waals surface area contributed by atoms with Gasteiger partial charge in [-0.25, -0.2) is 8.42 Å². The van der Waals surface area contributed by atoms with E-state index in [-0.39, 0.29) is 0 Å². The Hall–Kier alpha value is -0.910. The molecule has 2 heterocycles. The van der Waals surface area contributed by atoms with E-state index in [0.717, 1.165) is 31.0 Å². The van der Waals surface area contributed by atoms with Crippen LogP contribution in [0.1, 0.15) is 32.3 Å². The average molecular weight is 337 g/mol. The summed E-state index contributed by atoms with van der Waals surface area (Å²) in [6.07, 6.45) is 2.20. The van der Waals surface area contributed by atoms with Gasteiger partial charge in [-0.15, -0.1) is 0 Å². The van der Waals surface area contributed by atoms with Crippen molar-refractivity contribution in [3.8, 4) is 0 Å². The number of piperidine rings is 1. The maximum absolute atomic E-state index is 12.9. The molecule has 5 heteroatoms. The van der Waals surface area contributed by atoms with Crippen LogP contribution in [-0.2, 0) is 10.0 Å². The fraction of sp³-hybridized carbons (Fsp3) is 0.667. The van der Waals surface area contributed by atoms with Gasteiger partial charge in [-0.3, -0.25) is 4.90 Å². The molecule has 0 aromatic heterocycles. The molecule has 0 bridgehead atoms. The molecule has 1 aromatic carbocycles. The zero-order valence-electron chi connectivity index (χ0n) is 14.4. The third-order valence-corrected chi connectivity index (χ3v) is 7.33. The molecule has 0 N–H and O–H groups in total. The van der Waals surface area contributed by atoms with Gasteiger partial charge in [0.2, 0.25) is 10.0 Å². The number of benzene rings is 1.